The number of amides is 1. The fraction of sp³-hybridized carbons (Fsp3) is 0.333. The van der Waals surface area contributed by atoms with Gasteiger partial charge in [-0.25, -0.2) is 0 Å². The minimum atomic E-state index is -4.41. The molecule has 0 radical (unpaired) electrons. The molecule has 5 nitrogen and oxygen atoms in total. The number of aromatic nitrogens is 1. The van der Waals surface area contributed by atoms with Gasteiger partial charge in [0.05, 0.1) is 23.8 Å². The monoisotopic (exact) mass is 517 g/mol. The van der Waals surface area contributed by atoms with Gasteiger partial charge in [0.1, 0.15) is 12.4 Å². The molecule has 36 heavy (non-hydrogen) atoms. The summed E-state index contributed by atoms with van der Waals surface area (Å²) in [4.78, 5) is 20.1. The van der Waals surface area contributed by atoms with Crippen LogP contribution < -0.4 is 10.1 Å². The number of piperidine rings is 1. The molecule has 1 unspecified atom stereocenters. The van der Waals surface area contributed by atoms with E-state index in [1.54, 1.807) is 23.2 Å². The lowest BCUT2D eigenvalue weighted by molar-refractivity contribution is -0.139. The first-order chi connectivity index (χ1) is 17.3. The Hall–Kier alpha value is -3.10. The highest BCUT2D eigenvalue weighted by atomic mass is 35.5. The van der Waals surface area contributed by atoms with Crippen molar-refractivity contribution in [2.45, 2.75) is 25.1 Å². The van der Waals surface area contributed by atoms with Crippen LogP contribution in [0.15, 0.2) is 72.9 Å². The van der Waals surface area contributed by atoms with Crippen LogP contribution in [0.1, 0.15) is 35.7 Å². The summed E-state index contributed by atoms with van der Waals surface area (Å²) in [6.45, 7) is 1.87. The molecule has 0 spiro atoms. The second-order valence-electron chi connectivity index (χ2n) is 8.64. The number of carbonyl (C=O) groups excluding carboxylic acids is 1. The normalized spacial score (nSPS) is 15.3. The van der Waals surface area contributed by atoms with Crippen molar-refractivity contribution in [2.75, 3.05) is 26.2 Å². The van der Waals surface area contributed by atoms with Crippen LogP contribution in [0, 0.1) is 5.92 Å². The molecule has 1 fully saturated rings. The van der Waals surface area contributed by atoms with Crippen molar-refractivity contribution < 1.29 is 22.7 Å². The molecular weight excluding hydrogens is 491 g/mol. The highest BCUT2D eigenvalue weighted by molar-refractivity contribution is 6.30. The zero-order valence-corrected chi connectivity index (χ0v) is 20.3. The number of carbonyl (C=O) groups is 1. The fourth-order valence-corrected chi connectivity index (χ4v) is 4.49. The molecule has 9 heteroatoms. The van der Waals surface area contributed by atoms with E-state index in [1.165, 1.54) is 12.1 Å². The summed E-state index contributed by atoms with van der Waals surface area (Å²) in [7, 11) is 0. The van der Waals surface area contributed by atoms with Crippen LogP contribution >= 0.6 is 11.6 Å². The lowest BCUT2D eigenvalue weighted by Crippen LogP contribution is -2.45. The number of nitrogens with one attached hydrogen (secondary N) is 1. The molecule has 1 saturated heterocycles. The number of nitrogens with zero attached hydrogens (tertiary/aromatic N) is 2. The Morgan fingerprint density at radius 1 is 1.06 bits per heavy atom. The smallest absolute Gasteiger partial charge is 0.416 e. The first-order valence-electron chi connectivity index (χ1n) is 11.8. The summed E-state index contributed by atoms with van der Waals surface area (Å²) in [5, 5.41) is 3.87. The van der Waals surface area contributed by atoms with E-state index < -0.39 is 17.8 Å². The largest absolute Gasteiger partial charge is 0.492 e. The van der Waals surface area contributed by atoms with E-state index in [0.29, 0.717) is 16.5 Å². The standard InChI is InChI=1S/C27H27ClF3N3O2/c28-22-8-4-19(5-9-22)25(24-3-1-2-14-33-24)34(26(35)20-12-15-32-16-13-20)17-18-36-23-10-6-21(7-11-23)27(29,30)31/h1-11,14,20,25,32H,12-13,15-18H2. The van der Waals surface area contributed by atoms with Gasteiger partial charge in [-0.05, 0) is 80.0 Å². The third kappa shape index (κ3) is 6.56. The van der Waals surface area contributed by atoms with Crippen molar-refractivity contribution in [1.82, 2.24) is 15.2 Å². The number of benzene rings is 2. The van der Waals surface area contributed by atoms with Crippen LogP contribution in [0.4, 0.5) is 13.2 Å². The van der Waals surface area contributed by atoms with Crippen LogP contribution in [0.3, 0.4) is 0 Å². The van der Waals surface area contributed by atoms with E-state index in [1.807, 2.05) is 30.3 Å². The molecule has 1 amide bonds. The van der Waals surface area contributed by atoms with Crippen molar-refractivity contribution in [3.8, 4) is 5.75 Å². The predicted octanol–water partition coefficient (Wildman–Crippen LogP) is 5.75. The van der Waals surface area contributed by atoms with Gasteiger partial charge in [0.2, 0.25) is 5.91 Å². The summed E-state index contributed by atoms with van der Waals surface area (Å²) in [6, 6.07) is 16.9. The van der Waals surface area contributed by atoms with Crippen LogP contribution in [0.5, 0.6) is 5.75 Å². The molecule has 0 bridgehead atoms. The van der Waals surface area contributed by atoms with E-state index in [2.05, 4.69) is 10.3 Å². The molecule has 0 aliphatic carbocycles. The third-order valence-corrected chi connectivity index (χ3v) is 6.47. The Morgan fingerprint density at radius 2 is 1.75 bits per heavy atom. The molecule has 2 aromatic carbocycles. The maximum absolute atomic E-state index is 13.8. The lowest BCUT2D eigenvalue weighted by Gasteiger charge is -2.35. The molecule has 1 aromatic heterocycles. The summed E-state index contributed by atoms with van der Waals surface area (Å²) >= 11 is 6.12. The summed E-state index contributed by atoms with van der Waals surface area (Å²) in [5.41, 5.74) is 0.821. The first-order valence-corrected chi connectivity index (χ1v) is 12.2. The minimum Gasteiger partial charge on any atom is -0.492 e. The van der Waals surface area contributed by atoms with Gasteiger partial charge < -0.3 is 15.0 Å². The minimum absolute atomic E-state index is 0.00174. The maximum atomic E-state index is 13.8. The average Bonchev–Trinajstić information content (AvgIpc) is 2.89. The number of rotatable bonds is 8. The number of pyridine rings is 1. The van der Waals surface area contributed by atoms with Crippen molar-refractivity contribution in [1.29, 1.82) is 0 Å². The molecule has 1 N–H and O–H groups in total. The molecule has 1 aliphatic heterocycles. The third-order valence-electron chi connectivity index (χ3n) is 6.22. The second-order valence-corrected chi connectivity index (χ2v) is 9.07. The molecule has 2 heterocycles. The van der Waals surface area contributed by atoms with Gasteiger partial charge in [-0.2, -0.15) is 13.2 Å². The molecule has 0 saturated carbocycles. The molecule has 190 valence electrons. The number of hydrogen-bond acceptors (Lipinski definition) is 4. The van der Waals surface area contributed by atoms with Gasteiger partial charge in [-0.3, -0.25) is 9.78 Å². The van der Waals surface area contributed by atoms with Crippen molar-refractivity contribution in [2.24, 2.45) is 5.92 Å². The Kier molecular flexibility index (Phi) is 8.48. The fourth-order valence-electron chi connectivity index (χ4n) is 4.37. The molecule has 1 aliphatic rings. The van der Waals surface area contributed by atoms with Crippen LogP contribution in [0.25, 0.3) is 0 Å². The molecular formula is C27H27ClF3N3O2. The van der Waals surface area contributed by atoms with E-state index in [-0.39, 0.29) is 25.0 Å². The van der Waals surface area contributed by atoms with Gasteiger partial charge in [0.15, 0.2) is 0 Å². The second kappa shape index (κ2) is 11.8. The van der Waals surface area contributed by atoms with Crippen LogP contribution in [-0.4, -0.2) is 42.0 Å². The average molecular weight is 518 g/mol. The van der Waals surface area contributed by atoms with Gasteiger partial charge in [0.25, 0.3) is 0 Å². The van der Waals surface area contributed by atoms with E-state index in [9.17, 15) is 18.0 Å². The zero-order valence-electron chi connectivity index (χ0n) is 19.5. The van der Waals surface area contributed by atoms with Gasteiger partial charge in [-0.15, -0.1) is 0 Å². The van der Waals surface area contributed by atoms with E-state index >= 15 is 0 Å². The highest BCUT2D eigenvalue weighted by Crippen LogP contribution is 2.32. The number of alkyl halides is 3. The predicted molar refractivity (Wildman–Crippen MR) is 132 cm³/mol. The van der Waals surface area contributed by atoms with E-state index in [4.69, 9.17) is 16.3 Å². The van der Waals surface area contributed by atoms with Gasteiger partial charge >= 0.3 is 6.18 Å². The van der Waals surface area contributed by atoms with E-state index in [0.717, 1.165) is 43.6 Å². The summed E-state index contributed by atoms with van der Waals surface area (Å²) < 4.78 is 44.4. The highest BCUT2D eigenvalue weighted by Gasteiger charge is 2.33. The van der Waals surface area contributed by atoms with Crippen molar-refractivity contribution >= 4 is 17.5 Å². The Labute approximate surface area is 213 Å². The van der Waals surface area contributed by atoms with Crippen molar-refractivity contribution in [3.05, 3.63) is 94.8 Å². The first kappa shape index (κ1) is 26.0. The zero-order chi connectivity index (χ0) is 25.5. The molecule has 1 atom stereocenters. The van der Waals surface area contributed by atoms with Crippen LogP contribution in [-0.2, 0) is 11.0 Å². The molecule has 3 aromatic rings. The van der Waals surface area contributed by atoms with Crippen molar-refractivity contribution in [3.63, 3.8) is 0 Å². The topological polar surface area (TPSA) is 54.5 Å². The summed E-state index contributed by atoms with van der Waals surface area (Å²) in [6.07, 6.45) is -1.27. The number of ether oxygens (including phenoxy) is 1. The Balaban J connectivity index is 1.60. The Bertz CT molecular complexity index is 1120. The summed E-state index contributed by atoms with van der Waals surface area (Å²) in [5.74, 6) is 0.159. The van der Waals surface area contributed by atoms with Gasteiger partial charge in [0, 0.05) is 17.1 Å². The SMILES string of the molecule is O=C(C1CCNCC1)N(CCOc1ccc(C(F)(F)F)cc1)C(c1ccc(Cl)cc1)c1ccccn1. The number of halogens is 4. The quantitative estimate of drug-likeness (QED) is 0.413. The Morgan fingerprint density at radius 3 is 2.36 bits per heavy atom. The number of hydrogen-bond donors (Lipinski definition) is 1. The lowest BCUT2D eigenvalue weighted by atomic mass is 9.93. The van der Waals surface area contributed by atoms with Crippen LogP contribution in [0.2, 0.25) is 5.02 Å². The maximum Gasteiger partial charge on any atom is 0.416 e. The molecule has 4 rings (SSSR count). The van der Waals surface area contributed by atoms with Gasteiger partial charge in [-0.1, -0.05) is 29.8 Å².